The van der Waals surface area contributed by atoms with Gasteiger partial charge < -0.3 is 10.5 Å². The Kier molecular flexibility index (Phi) is 3.20. The summed E-state index contributed by atoms with van der Waals surface area (Å²) in [5.74, 6) is 1.08. The Labute approximate surface area is 127 Å². The Morgan fingerprint density at radius 3 is 2.75 bits per heavy atom. The Balaban J connectivity index is 2.44. The van der Waals surface area contributed by atoms with Crippen molar-refractivity contribution in [2.75, 3.05) is 19.9 Å². The molecular weight excluding hydrogens is 297 g/mol. The number of hydrogen-bond donors (Lipinski definition) is 1. The predicted molar refractivity (Wildman–Crippen MR) is 82.6 cm³/mol. The van der Waals surface area contributed by atoms with Crippen molar-refractivity contribution in [2.24, 2.45) is 0 Å². The van der Waals surface area contributed by atoms with Gasteiger partial charge in [-0.1, -0.05) is 23.2 Å². The van der Waals surface area contributed by atoms with Gasteiger partial charge in [0.1, 0.15) is 16.6 Å². The number of nitrogens with zero attached hydrogens (tertiary/aromatic N) is 2. The second-order valence-corrected chi connectivity index (χ2v) is 5.84. The van der Waals surface area contributed by atoms with E-state index in [0.717, 1.165) is 23.1 Å². The first kappa shape index (κ1) is 13.7. The third-order valence-corrected chi connectivity index (χ3v) is 4.85. The Bertz CT molecular complexity index is 718. The highest BCUT2D eigenvalue weighted by molar-refractivity contribution is 6.46. The van der Waals surface area contributed by atoms with E-state index >= 15 is 0 Å². The van der Waals surface area contributed by atoms with Gasteiger partial charge in [0, 0.05) is 23.5 Å². The average molecular weight is 312 g/mol. The lowest BCUT2D eigenvalue weighted by atomic mass is 10.0. The standard InChI is InChI=1S/C14H15Cl2N3O/c1-6-10-7-4-9(20-3)11(15)12(16)13(7)18-14(17)8(10)5-19(6)2/h4,6H,5H2,1-3H3,(H2,17,18)/t6-/m0/s1. The van der Waals surface area contributed by atoms with E-state index in [4.69, 9.17) is 33.7 Å². The molecule has 0 bridgehead atoms. The first-order valence-corrected chi connectivity index (χ1v) is 7.05. The van der Waals surface area contributed by atoms with Gasteiger partial charge in [-0.3, -0.25) is 4.90 Å². The quantitative estimate of drug-likeness (QED) is 0.873. The predicted octanol–water partition coefficient (Wildman–Crippen LogP) is 3.64. The lowest BCUT2D eigenvalue weighted by Gasteiger charge is -2.17. The van der Waals surface area contributed by atoms with E-state index in [1.54, 1.807) is 7.11 Å². The minimum absolute atomic E-state index is 0.250. The Hall–Kier alpha value is -1.23. The Morgan fingerprint density at radius 2 is 2.10 bits per heavy atom. The van der Waals surface area contributed by atoms with Crippen LogP contribution in [-0.4, -0.2) is 24.0 Å². The van der Waals surface area contributed by atoms with Crippen molar-refractivity contribution in [3.63, 3.8) is 0 Å². The van der Waals surface area contributed by atoms with Crippen LogP contribution in [0, 0.1) is 0 Å². The number of nitrogen functional groups attached to an aromatic ring is 1. The van der Waals surface area contributed by atoms with Crippen LogP contribution in [0.2, 0.25) is 10.0 Å². The van der Waals surface area contributed by atoms with Gasteiger partial charge in [0.2, 0.25) is 0 Å². The van der Waals surface area contributed by atoms with Crippen molar-refractivity contribution in [3.05, 3.63) is 27.2 Å². The summed E-state index contributed by atoms with van der Waals surface area (Å²) in [6.45, 7) is 2.92. The first-order chi connectivity index (χ1) is 9.45. The summed E-state index contributed by atoms with van der Waals surface area (Å²) in [6, 6.07) is 2.14. The van der Waals surface area contributed by atoms with Crippen LogP contribution >= 0.6 is 23.2 Å². The van der Waals surface area contributed by atoms with Gasteiger partial charge in [-0.2, -0.15) is 0 Å². The monoisotopic (exact) mass is 311 g/mol. The summed E-state index contributed by atoms with van der Waals surface area (Å²) in [7, 11) is 3.63. The first-order valence-electron chi connectivity index (χ1n) is 6.29. The number of hydrogen-bond acceptors (Lipinski definition) is 4. The molecule has 20 heavy (non-hydrogen) atoms. The molecule has 2 heterocycles. The second-order valence-electron chi connectivity index (χ2n) is 5.08. The van der Waals surface area contributed by atoms with E-state index in [9.17, 15) is 0 Å². The summed E-state index contributed by atoms with van der Waals surface area (Å²) in [6.07, 6.45) is 0. The lowest BCUT2D eigenvalue weighted by Crippen LogP contribution is -2.13. The summed E-state index contributed by atoms with van der Waals surface area (Å²) < 4.78 is 5.30. The molecule has 0 spiro atoms. The molecular formula is C14H15Cl2N3O. The molecule has 0 amide bonds. The molecule has 0 radical (unpaired) electrons. The lowest BCUT2D eigenvalue weighted by molar-refractivity contribution is 0.287. The topological polar surface area (TPSA) is 51.4 Å². The molecule has 1 atom stereocenters. The largest absolute Gasteiger partial charge is 0.495 e. The summed E-state index contributed by atoms with van der Waals surface area (Å²) in [5.41, 5.74) is 8.94. The van der Waals surface area contributed by atoms with Crippen molar-refractivity contribution < 1.29 is 4.74 Å². The molecule has 1 aromatic carbocycles. The van der Waals surface area contributed by atoms with Gasteiger partial charge >= 0.3 is 0 Å². The zero-order valence-corrected chi connectivity index (χ0v) is 13.0. The van der Waals surface area contributed by atoms with Crippen LogP contribution in [-0.2, 0) is 6.54 Å². The molecule has 0 saturated heterocycles. The van der Waals surface area contributed by atoms with E-state index < -0.39 is 0 Å². The highest BCUT2D eigenvalue weighted by atomic mass is 35.5. The highest BCUT2D eigenvalue weighted by Crippen LogP contribution is 2.45. The highest BCUT2D eigenvalue weighted by Gasteiger charge is 2.30. The molecule has 0 aliphatic carbocycles. The number of methoxy groups -OCH3 is 1. The van der Waals surface area contributed by atoms with Crippen LogP contribution < -0.4 is 10.5 Å². The molecule has 0 saturated carbocycles. The molecule has 1 aromatic heterocycles. The SMILES string of the molecule is COc1cc2c3c(c(N)nc2c(Cl)c1Cl)CN(C)[C@H]3C. The number of halogens is 2. The van der Waals surface area contributed by atoms with Gasteiger partial charge in [-0.15, -0.1) is 0 Å². The number of benzene rings is 1. The number of ether oxygens (including phenoxy) is 1. The van der Waals surface area contributed by atoms with Crippen molar-refractivity contribution in [2.45, 2.75) is 19.5 Å². The molecule has 0 unspecified atom stereocenters. The van der Waals surface area contributed by atoms with E-state index in [2.05, 4.69) is 23.9 Å². The average Bonchev–Trinajstić information content (AvgIpc) is 2.72. The smallest absolute Gasteiger partial charge is 0.139 e. The fraction of sp³-hybridized carbons (Fsp3) is 0.357. The fourth-order valence-corrected chi connectivity index (χ4v) is 3.25. The third-order valence-electron chi connectivity index (χ3n) is 4.01. The molecule has 0 fully saturated rings. The number of fused-ring (bicyclic) bond motifs is 3. The molecule has 2 aromatic rings. The van der Waals surface area contributed by atoms with Crippen molar-refractivity contribution in [1.29, 1.82) is 0 Å². The van der Waals surface area contributed by atoms with Crippen LogP contribution in [0.5, 0.6) is 5.75 Å². The molecule has 3 rings (SSSR count). The van der Waals surface area contributed by atoms with Crippen LogP contribution in [0.4, 0.5) is 5.82 Å². The molecule has 106 valence electrons. The zero-order valence-electron chi connectivity index (χ0n) is 11.5. The summed E-state index contributed by atoms with van der Waals surface area (Å²) >= 11 is 12.5. The minimum atomic E-state index is 0.250. The molecule has 1 aliphatic rings. The molecule has 1 aliphatic heterocycles. The van der Waals surface area contributed by atoms with Crippen LogP contribution in [0.1, 0.15) is 24.1 Å². The van der Waals surface area contributed by atoms with Crippen LogP contribution in [0.3, 0.4) is 0 Å². The number of nitrogens with two attached hydrogens (primary N) is 1. The van der Waals surface area contributed by atoms with E-state index in [0.29, 0.717) is 27.1 Å². The summed E-state index contributed by atoms with van der Waals surface area (Å²) in [5, 5.41) is 1.71. The van der Waals surface area contributed by atoms with Crippen LogP contribution in [0.25, 0.3) is 10.9 Å². The molecule has 4 nitrogen and oxygen atoms in total. The summed E-state index contributed by atoms with van der Waals surface area (Å²) in [4.78, 5) is 6.65. The zero-order chi connectivity index (χ0) is 14.6. The number of aromatic nitrogens is 1. The van der Waals surface area contributed by atoms with E-state index in [1.165, 1.54) is 0 Å². The number of rotatable bonds is 1. The Morgan fingerprint density at radius 1 is 1.40 bits per heavy atom. The van der Waals surface area contributed by atoms with Gasteiger partial charge in [0.15, 0.2) is 0 Å². The van der Waals surface area contributed by atoms with Crippen molar-refractivity contribution in [1.82, 2.24) is 9.88 Å². The van der Waals surface area contributed by atoms with E-state index in [-0.39, 0.29) is 6.04 Å². The maximum Gasteiger partial charge on any atom is 0.139 e. The maximum atomic E-state index is 6.32. The van der Waals surface area contributed by atoms with Crippen LogP contribution in [0.15, 0.2) is 6.07 Å². The fourth-order valence-electron chi connectivity index (χ4n) is 2.79. The van der Waals surface area contributed by atoms with Gasteiger partial charge in [0.25, 0.3) is 0 Å². The van der Waals surface area contributed by atoms with Gasteiger partial charge in [-0.25, -0.2) is 4.98 Å². The maximum absolute atomic E-state index is 6.32. The van der Waals surface area contributed by atoms with Crippen molar-refractivity contribution in [3.8, 4) is 5.75 Å². The van der Waals surface area contributed by atoms with Gasteiger partial charge in [0.05, 0.1) is 17.6 Å². The molecule has 6 heteroatoms. The third kappa shape index (κ3) is 1.75. The number of pyridine rings is 1. The van der Waals surface area contributed by atoms with Gasteiger partial charge in [-0.05, 0) is 25.6 Å². The second kappa shape index (κ2) is 4.65. The molecule has 2 N–H and O–H groups in total. The van der Waals surface area contributed by atoms with Crippen molar-refractivity contribution >= 4 is 39.9 Å². The minimum Gasteiger partial charge on any atom is -0.495 e. The number of anilines is 1. The van der Waals surface area contributed by atoms with E-state index in [1.807, 2.05) is 6.07 Å². The normalized spacial score (nSPS) is 18.6.